The van der Waals surface area contributed by atoms with Crippen LogP contribution in [0.2, 0.25) is 0 Å². The van der Waals surface area contributed by atoms with Gasteiger partial charge in [0.2, 0.25) is 0 Å². The van der Waals surface area contributed by atoms with E-state index in [2.05, 4.69) is 5.32 Å². The van der Waals surface area contributed by atoms with Gasteiger partial charge in [-0.2, -0.15) is 0 Å². The molecule has 1 saturated heterocycles. The lowest BCUT2D eigenvalue weighted by atomic mass is 10.1. The molecule has 1 aliphatic rings. The molecule has 0 aliphatic carbocycles. The number of nitrogens with one attached hydrogen (secondary N) is 1. The van der Waals surface area contributed by atoms with E-state index in [4.69, 9.17) is 4.74 Å². The van der Waals surface area contributed by atoms with Gasteiger partial charge in [0.25, 0.3) is 0 Å². The van der Waals surface area contributed by atoms with Crippen molar-refractivity contribution in [2.45, 2.75) is 24.3 Å². The van der Waals surface area contributed by atoms with Crippen molar-refractivity contribution in [2.75, 3.05) is 25.5 Å². The van der Waals surface area contributed by atoms with Crippen LogP contribution in [-0.2, 0) is 21.0 Å². The first-order valence-electron chi connectivity index (χ1n) is 6.24. The molecule has 0 amide bonds. The third-order valence-electron chi connectivity index (χ3n) is 3.14. The molecule has 1 aromatic carbocycles. The van der Waals surface area contributed by atoms with Crippen LogP contribution in [0.4, 0.5) is 0 Å². The Balaban J connectivity index is 2.03. The topological polar surface area (TPSA) is 55.4 Å². The van der Waals surface area contributed by atoms with Gasteiger partial charge in [0, 0.05) is 12.6 Å². The number of rotatable bonds is 4. The molecule has 1 N–H and O–H groups in total. The van der Waals surface area contributed by atoms with Gasteiger partial charge in [-0.3, -0.25) is 0 Å². The Hall–Kier alpha value is -0.910. The normalized spacial score (nSPS) is 20.8. The van der Waals surface area contributed by atoms with E-state index in [-0.39, 0.29) is 5.75 Å². The summed E-state index contributed by atoms with van der Waals surface area (Å²) >= 11 is 0. The lowest BCUT2D eigenvalue weighted by Crippen LogP contribution is -2.42. The van der Waals surface area contributed by atoms with E-state index in [0.29, 0.717) is 10.9 Å². The molecule has 1 unspecified atom stereocenters. The second-order valence-corrected chi connectivity index (χ2v) is 6.76. The molecular weight excluding hydrogens is 250 g/mol. The van der Waals surface area contributed by atoms with Crippen molar-refractivity contribution in [3.8, 4) is 0 Å². The summed E-state index contributed by atoms with van der Waals surface area (Å²) in [5, 5.41) is 3.38. The number of sulfone groups is 1. The van der Waals surface area contributed by atoms with Crippen LogP contribution in [0.1, 0.15) is 12.5 Å². The second kappa shape index (κ2) is 5.82. The molecule has 1 aromatic rings. The maximum atomic E-state index is 11.7. The zero-order valence-electron chi connectivity index (χ0n) is 10.6. The summed E-state index contributed by atoms with van der Waals surface area (Å²) in [4.78, 5) is 0.404. The summed E-state index contributed by atoms with van der Waals surface area (Å²) < 4.78 is 28.7. The van der Waals surface area contributed by atoms with E-state index in [1.807, 2.05) is 12.1 Å². The molecule has 0 aromatic heterocycles. The van der Waals surface area contributed by atoms with E-state index >= 15 is 0 Å². The van der Waals surface area contributed by atoms with Crippen molar-refractivity contribution in [1.82, 2.24) is 5.32 Å². The molecule has 4 nitrogen and oxygen atoms in total. The average molecular weight is 269 g/mol. The van der Waals surface area contributed by atoms with Crippen LogP contribution in [0.5, 0.6) is 0 Å². The zero-order valence-corrected chi connectivity index (χ0v) is 11.4. The number of benzene rings is 1. The number of hydrogen-bond acceptors (Lipinski definition) is 4. The minimum atomic E-state index is -3.09. The summed E-state index contributed by atoms with van der Waals surface area (Å²) in [7, 11) is -3.09. The lowest BCUT2D eigenvalue weighted by Gasteiger charge is -2.23. The average Bonchev–Trinajstić information content (AvgIpc) is 2.40. The van der Waals surface area contributed by atoms with Crippen LogP contribution in [0.3, 0.4) is 0 Å². The quantitative estimate of drug-likeness (QED) is 0.886. The molecule has 5 heteroatoms. The van der Waals surface area contributed by atoms with E-state index in [9.17, 15) is 8.42 Å². The Morgan fingerprint density at radius 1 is 1.33 bits per heavy atom. The van der Waals surface area contributed by atoms with Gasteiger partial charge in [-0.1, -0.05) is 19.1 Å². The van der Waals surface area contributed by atoms with Crippen molar-refractivity contribution in [2.24, 2.45) is 0 Å². The first kappa shape index (κ1) is 13.5. The van der Waals surface area contributed by atoms with Crippen molar-refractivity contribution >= 4 is 9.84 Å². The van der Waals surface area contributed by atoms with E-state index < -0.39 is 9.84 Å². The molecule has 1 fully saturated rings. The molecule has 0 spiro atoms. The van der Waals surface area contributed by atoms with Crippen LogP contribution in [0.25, 0.3) is 0 Å². The first-order valence-corrected chi connectivity index (χ1v) is 7.90. The van der Waals surface area contributed by atoms with Crippen LogP contribution in [0, 0.1) is 0 Å². The van der Waals surface area contributed by atoms with Gasteiger partial charge in [0.15, 0.2) is 9.84 Å². The Labute approximate surface area is 108 Å². The second-order valence-electron chi connectivity index (χ2n) is 4.48. The van der Waals surface area contributed by atoms with E-state index in [1.54, 1.807) is 19.1 Å². The van der Waals surface area contributed by atoms with Crippen molar-refractivity contribution in [1.29, 1.82) is 0 Å². The maximum absolute atomic E-state index is 11.7. The van der Waals surface area contributed by atoms with Gasteiger partial charge in [0.1, 0.15) is 0 Å². The van der Waals surface area contributed by atoms with Crippen molar-refractivity contribution in [3.63, 3.8) is 0 Å². The fraction of sp³-hybridized carbons (Fsp3) is 0.538. The molecule has 0 radical (unpaired) electrons. The first-order chi connectivity index (χ1) is 8.62. The molecule has 0 saturated carbocycles. The molecule has 1 atom stereocenters. The largest absolute Gasteiger partial charge is 0.379 e. The minimum absolute atomic E-state index is 0.143. The molecule has 0 bridgehead atoms. The van der Waals surface area contributed by atoms with Crippen molar-refractivity contribution < 1.29 is 13.2 Å². The third-order valence-corrected chi connectivity index (χ3v) is 4.89. The number of morpholine rings is 1. The van der Waals surface area contributed by atoms with E-state index in [0.717, 1.165) is 31.7 Å². The Kier molecular flexibility index (Phi) is 4.37. The molecule has 1 aliphatic heterocycles. The van der Waals surface area contributed by atoms with Crippen LogP contribution < -0.4 is 5.32 Å². The molecular formula is C13H19NO3S. The highest BCUT2D eigenvalue weighted by atomic mass is 32.2. The zero-order chi connectivity index (χ0) is 13.0. The highest BCUT2D eigenvalue weighted by Gasteiger charge is 2.15. The maximum Gasteiger partial charge on any atom is 0.178 e. The third kappa shape index (κ3) is 3.31. The molecule has 100 valence electrons. The van der Waals surface area contributed by atoms with E-state index in [1.165, 1.54) is 0 Å². The molecule has 1 heterocycles. The van der Waals surface area contributed by atoms with Gasteiger partial charge >= 0.3 is 0 Å². The summed E-state index contributed by atoms with van der Waals surface area (Å²) in [6.07, 6.45) is 0.868. The fourth-order valence-corrected chi connectivity index (χ4v) is 2.92. The van der Waals surface area contributed by atoms with Gasteiger partial charge in [0.05, 0.1) is 23.9 Å². The predicted molar refractivity (Wildman–Crippen MR) is 70.5 cm³/mol. The van der Waals surface area contributed by atoms with Gasteiger partial charge in [-0.15, -0.1) is 0 Å². The highest BCUT2D eigenvalue weighted by Crippen LogP contribution is 2.14. The molecule has 18 heavy (non-hydrogen) atoms. The predicted octanol–water partition coefficient (Wildman–Crippen LogP) is 1.01. The summed E-state index contributed by atoms with van der Waals surface area (Å²) in [6, 6.07) is 7.49. The number of ether oxygens (including phenoxy) is 1. The Morgan fingerprint density at radius 3 is 2.61 bits per heavy atom. The van der Waals surface area contributed by atoms with Gasteiger partial charge in [-0.05, 0) is 24.1 Å². The SMILES string of the molecule is CCS(=O)(=O)c1ccc(CC2COCCN2)cc1. The fourth-order valence-electron chi connectivity index (χ4n) is 2.03. The van der Waals surface area contributed by atoms with Crippen molar-refractivity contribution in [3.05, 3.63) is 29.8 Å². The van der Waals surface area contributed by atoms with Gasteiger partial charge in [-0.25, -0.2) is 8.42 Å². The number of hydrogen-bond donors (Lipinski definition) is 1. The minimum Gasteiger partial charge on any atom is -0.379 e. The Bertz CT molecular complexity index is 475. The van der Waals surface area contributed by atoms with Crippen LogP contribution in [0.15, 0.2) is 29.2 Å². The summed E-state index contributed by atoms with van der Waals surface area (Å²) in [5.74, 6) is 0.143. The summed E-state index contributed by atoms with van der Waals surface area (Å²) in [5.41, 5.74) is 1.13. The monoisotopic (exact) mass is 269 g/mol. The highest BCUT2D eigenvalue weighted by molar-refractivity contribution is 7.91. The summed E-state index contributed by atoms with van der Waals surface area (Å²) in [6.45, 7) is 4.03. The van der Waals surface area contributed by atoms with Crippen LogP contribution >= 0.6 is 0 Å². The van der Waals surface area contributed by atoms with Crippen LogP contribution in [-0.4, -0.2) is 40.0 Å². The Morgan fingerprint density at radius 2 is 2.06 bits per heavy atom. The lowest BCUT2D eigenvalue weighted by molar-refractivity contribution is 0.0770. The van der Waals surface area contributed by atoms with Gasteiger partial charge < -0.3 is 10.1 Å². The molecule has 2 rings (SSSR count). The smallest absolute Gasteiger partial charge is 0.178 e. The standard InChI is InChI=1S/C13H19NO3S/c1-2-18(15,16)13-5-3-11(4-6-13)9-12-10-17-8-7-14-12/h3-6,12,14H,2,7-10H2,1H3.